The minimum atomic E-state index is -3.46. The van der Waals surface area contributed by atoms with Gasteiger partial charge in [0.05, 0.1) is 10.2 Å². The van der Waals surface area contributed by atoms with Gasteiger partial charge in [0, 0.05) is 33.2 Å². The Hall–Kier alpha value is -1.23. The zero-order chi connectivity index (χ0) is 17.5. The smallest absolute Gasteiger partial charge is 0.273 e. The number of halogens is 1. The molecule has 1 saturated heterocycles. The molecule has 1 fully saturated rings. The van der Waals surface area contributed by atoms with Crippen molar-refractivity contribution < 1.29 is 13.2 Å². The summed E-state index contributed by atoms with van der Waals surface area (Å²) in [7, 11) is -1.73. The van der Waals surface area contributed by atoms with Gasteiger partial charge in [-0.15, -0.1) is 11.3 Å². The quantitative estimate of drug-likeness (QED) is 0.739. The lowest BCUT2D eigenvalue weighted by atomic mass is 10.3. The molecule has 0 aliphatic carbocycles. The fraction of sp³-hybridized carbons (Fsp3) is 0.429. The molecule has 0 aromatic carbocycles. The molecule has 10 heteroatoms. The van der Waals surface area contributed by atoms with Crippen LogP contribution in [0, 0.1) is 6.92 Å². The Morgan fingerprint density at radius 1 is 1.29 bits per heavy atom. The number of nitrogens with zero attached hydrogens (tertiary/aromatic N) is 4. The number of rotatable bonds is 3. The molecule has 2 aromatic rings. The molecule has 3 heterocycles. The summed E-state index contributed by atoms with van der Waals surface area (Å²) in [5.74, 6) is -0.141. The van der Waals surface area contributed by atoms with E-state index < -0.39 is 10.0 Å². The monoisotopic (exact) mass is 432 g/mol. The highest BCUT2D eigenvalue weighted by Gasteiger charge is 2.32. The van der Waals surface area contributed by atoms with E-state index in [9.17, 15) is 13.2 Å². The van der Waals surface area contributed by atoms with E-state index in [0.29, 0.717) is 40.6 Å². The summed E-state index contributed by atoms with van der Waals surface area (Å²) in [4.78, 5) is 14.4. The van der Waals surface area contributed by atoms with Crippen molar-refractivity contribution in [3.05, 3.63) is 33.4 Å². The molecule has 0 saturated carbocycles. The molecule has 0 atom stereocenters. The first kappa shape index (κ1) is 17.6. The van der Waals surface area contributed by atoms with Crippen molar-refractivity contribution in [1.29, 1.82) is 0 Å². The summed E-state index contributed by atoms with van der Waals surface area (Å²) in [5, 5.41) is 5.98. The third kappa shape index (κ3) is 3.03. The van der Waals surface area contributed by atoms with Crippen LogP contribution >= 0.6 is 27.3 Å². The van der Waals surface area contributed by atoms with Crippen molar-refractivity contribution >= 4 is 43.2 Å². The van der Waals surface area contributed by atoms with Gasteiger partial charge in [-0.05, 0) is 34.3 Å². The molecule has 1 aliphatic heterocycles. The molecule has 130 valence electrons. The van der Waals surface area contributed by atoms with Crippen LogP contribution in [0.1, 0.15) is 16.2 Å². The zero-order valence-corrected chi connectivity index (χ0v) is 16.5. The molecule has 1 amide bonds. The Balaban J connectivity index is 1.72. The second kappa shape index (κ2) is 6.58. The van der Waals surface area contributed by atoms with Crippen LogP contribution < -0.4 is 0 Å². The van der Waals surface area contributed by atoms with Crippen LogP contribution in [0.5, 0.6) is 0 Å². The second-order valence-electron chi connectivity index (χ2n) is 5.50. The Bertz CT molecular complexity index is 853. The Kier molecular flexibility index (Phi) is 4.82. The van der Waals surface area contributed by atoms with Crippen molar-refractivity contribution in [2.24, 2.45) is 7.05 Å². The number of carbonyl (C=O) groups is 1. The van der Waals surface area contributed by atoms with E-state index in [2.05, 4.69) is 21.0 Å². The van der Waals surface area contributed by atoms with E-state index in [4.69, 9.17) is 0 Å². The SMILES string of the molecule is Cc1nn(C)c(C(=O)N2CCN(S(=O)(=O)c3cccs3)CC2)c1Br. The third-order valence-electron chi connectivity index (χ3n) is 3.97. The van der Waals surface area contributed by atoms with Gasteiger partial charge in [0.25, 0.3) is 15.9 Å². The van der Waals surface area contributed by atoms with E-state index in [1.165, 1.54) is 15.6 Å². The number of aryl methyl sites for hydroxylation is 2. The topological polar surface area (TPSA) is 75.5 Å². The summed E-state index contributed by atoms with van der Waals surface area (Å²) in [6.07, 6.45) is 0. The normalized spacial score (nSPS) is 16.5. The van der Waals surface area contributed by atoms with Gasteiger partial charge in [-0.25, -0.2) is 8.42 Å². The summed E-state index contributed by atoms with van der Waals surface area (Å²) in [6, 6.07) is 3.33. The first-order valence-corrected chi connectivity index (χ1v) is 10.5. The highest BCUT2D eigenvalue weighted by molar-refractivity contribution is 9.10. The summed E-state index contributed by atoms with van der Waals surface area (Å²) >= 11 is 4.61. The van der Waals surface area contributed by atoms with Gasteiger partial charge in [0.1, 0.15) is 9.90 Å². The minimum absolute atomic E-state index is 0.141. The van der Waals surface area contributed by atoms with Crippen molar-refractivity contribution in [3.63, 3.8) is 0 Å². The number of amides is 1. The van der Waals surface area contributed by atoms with Crippen molar-refractivity contribution in [3.8, 4) is 0 Å². The number of thiophene rings is 1. The van der Waals surface area contributed by atoms with Gasteiger partial charge in [-0.1, -0.05) is 6.07 Å². The van der Waals surface area contributed by atoms with E-state index in [0.717, 1.165) is 5.69 Å². The van der Waals surface area contributed by atoms with Crippen LogP contribution in [0.2, 0.25) is 0 Å². The lowest BCUT2D eigenvalue weighted by Crippen LogP contribution is -2.50. The summed E-state index contributed by atoms with van der Waals surface area (Å²) in [6.45, 7) is 3.13. The molecule has 24 heavy (non-hydrogen) atoms. The molecule has 0 N–H and O–H groups in total. The zero-order valence-electron chi connectivity index (χ0n) is 13.3. The predicted molar refractivity (Wildman–Crippen MR) is 94.6 cm³/mol. The van der Waals surface area contributed by atoms with Crippen molar-refractivity contribution in [2.75, 3.05) is 26.2 Å². The lowest BCUT2D eigenvalue weighted by Gasteiger charge is -2.33. The van der Waals surface area contributed by atoms with Gasteiger partial charge in [-0.2, -0.15) is 9.40 Å². The average molecular weight is 433 g/mol. The first-order valence-electron chi connectivity index (χ1n) is 7.34. The maximum Gasteiger partial charge on any atom is 0.273 e. The van der Waals surface area contributed by atoms with Gasteiger partial charge < -0.3 is 4.90 Å². The van der Waals surface area contributed by atoms with Gasteiger partial charge in [-0.3, -0.25) is 9.48 Å². The highest BCUT2D eigenvalue weighted by Crippen LogP contribution is 2.24. The van der Waals surface area contributed by atoms with Crippen LogP contribution in [0.15, 0.2) is 26.2 Å². The molecular weight excluding hydrogens is 416 g/mol. The Labute approximate surface area is 153 Å². The number of piperazine rings is 1. The fourth-order valence-electron chi connectivity index (χ4n) is 2.68. The first-order chi connectivity index (χ1) is 11.3. The van der Waals surface area contributed by atoms with Crippen LogP contribution in [0.3, 0.4) is 0 Å². The number of hydrogen-bond acceptors (Lipinski definition) is 5. The Morgan fingerprint density at radius 3 is 2.46 bits per heavy atom. The molecule has 0 unspecified atom stereocenters. The van der Waals surface area contributed by atoms with E-state index >= 15 is 0 Å². The van der Waals surface area contributed by atoms with Crippen LogP contribution in [0.25, 0.3) is 0 Å². The van der Waals surface area contributed by atoms with Crippen LogP contribution in [-0.2, 0) is 17.1 Å². The van der Waals surface area contributed by atoms with E-state index in [-0.39, 0.29) is 5.91 Å². The fourth-order valence-corrected chi connectivity index (χ4v) is 5.76. The van der Waals surface area contributed by atoms with E-state index in [1.54, 1.807) is 34.1 Å². The lowest BCUT2D eigenvalue weighted by molar-refractivity contribution is 0.0686. The van der Waals surface area contributed by atoms with Crippen LogP contribution in [-0.4, -0.2) is 59.5 Å². The minimum Gasteiger partial charge on any atom is -0.335 e. The average Bonchev–Trinajstić information content (AvgIpc) is 3.17. The molecule has 3 rings (SSSR count). The predicted octanol–water partition coefficient (Wildman–Crippen LogP) is 1.70. The second-order valence-corrected chi connectivity index (χ2v) is 9.41. The summed E-state index contributed by atoms with van der Waals surface area (Å²) in [5.41, 5.74) is 1.24. The number of carbonyl (C=O) groups excluding carboxylic acids is 1. The molecule has 0 spiro atoms. The largest absolute Gasteiger partial charge is 0.335 e. The third-order valence-corrected chi connectivity index (χ3v) is 8.19. The number of aromatic nitrogens is 2. The number of hydrogen-bond donors (Lipinski definition) is 0. The Morgan fingerprint density at radius 2 is 1.96 bits per heavy atom. The molecule has 0 radical (unpaired) electrons. The molecule has 2 aromatic heterocycles. The number of sulfonamides is 1. The molecular formula is C14H17BrN4O3S2. The molecule has 7 nitrogen and oxygen atoms in total. The van der Waals surface area contributed by atoms with Gasteiger partial charge in [0.2, 0.25) is 0 Å². The maximum atomic E-state index is 12.7. The molecule has 1 aliphatic rings. The standard InChI is InChI=1S/C14H17BrN4O3S2/c1-10-12(15)13(17(2)16-10)14(20)18-5-7-19(8-6-18)24(21,22)11-4-3-9-23-11/h3-4,9H,5-8H2,1-2H3. The molecule has 0 bridgehead atoms. The van der Waals surface area contributed by atoms with Gasteiger partial charge in [0.15, 0.2) is 0 Å². The maximum absolute atomic E-state index is 12.7. The van der Waals surface area contributed by atoms with Gasteiger partial charge >= 0.3 is 0 Å². The van der Waals surface area contributed by atoms with E-state index in [1.807, 2.05) is 6.92 Å². The van der Waals surface area contributed by atoms with Crippen LogP contribution in [0.4, 0.5) is 0 Å². The van der Waals surface area contributed by atoms with Crippen molar-refractivity contribution in [2.45, 2.75) is 11.1 Å². The highest BCUT2D eigenvalue weighted by atomic mass is 79.9. The summed E-state index contributed by atoms with van der Waals surface area (Å²) < 4.78 is 29.0. The van der Waals surface area contributed by atoms with Crippen molar-refractivity contribution in [1.82, 2.24) is 19.0 Å².